The number of nitrogens with one attached hydrogen (secondary N) is 2. The molecule has 0 atom stereocenters. The number of rotatable bonds is 2. The number of phenols is 1. The number of benzene rings is 1. The van der Waals surface area contributed by atoms with E-state index in [2.05, 4.69) is 26.6 Å². The lowest BCUT2D eigenvalue weighted by atomic mass is 10.1. The highest BCUT2D eigenvalue weighted by Crippen LogP contribution is 2.34. The summed E-state index contributed by atoms with van der Waals surface area (Å²) in [5.41, 5.74) is 0.721. The van der Waals surface area contributed by atoms with Gasteiger partial charge in [-0.2, -0.15) is 0 Å². The van der Waals surface area contributed by atoms with Crippen molar-refractivity contribution >= 4 is 45.2 Å². The normalized spacial score (nSPS) is 16.7. The minimum absolute atomic E-state index is 0.0411. The molecule has 0 bridgehead atoms. The summed E-state index contributed by atoms with van der Waals surface area (Å²) in [6, 6.07) is 3.30. The third kappa shape index (κ3) is 2.46. The highest BCUT2D eigenvalue weighted by Gasteiger charge is 2.21. The number of hydrogen-bond donors (Lipinski definition) is 3. The van der Waals surface area contributed by atoms with Crippen LogP contribution in [0.4, 0.5) is 0 Å². The lowest BCUT2D eigenvalue weighted by molar-refractivity contribution is -0.115. The molecule has 1 amide bonds. The highest BCUT2D eigenvalue weighted by atomic mass is 79.9. The van der Waals surface area contributed by atoms with Crippen LogP contribution in [0.15, 0.2) is 22.3 Å². The summed E-state index contributed by atoms with van der Waals surface area (Å²) in [6.45, 7) is 0. The van der Waals surface area contributed by atoms with Crippen molar-refractivity contribution < 1.29 is 14.6 Å². The number of phenolic OH excluding ortho intramolecular Hbond substituents is 1. The molecule has 1 fully saturated rings. The quantitative estimate of drug-likeness (QED) is 0.567. The molecule has 0 aromatic heterocycles. The van der Waals surface area contributed by atoms with E-state index in [0.717, 1.165) is 4.47 Å². The molecule has 2 rings (SSSR count). The first kappa shape index (κ1) is 12.8. The number of ether oxygens (including phenoxy) is 1. The summed E-state index contributed by atoms with van der Waals surface area (Å²) in [5, 5.41) is 15.3. The Morgan fingerprint density at radius 3 is 2.72 bits per heavy atom. The number of carbonyl (C=O) groups excluding carboxylic acids is 1. The van der Waals surface area contributed by atoms with Gasteiger partial charge in [0.25, 0.3) is 5.91 Å². The molecule has 1 heterocycles. The molecule has 1 aliphatic rings. The van der Waals surface area contributed by atoms with Crippen molar-refractivity contribution in [3.63, 3.8) is 0 Å². The van der Waals surface area contributed by atoms with Gasteiger partial charge in [0.15, 0.2) is 16.6 Å². The number of halogens is 1. The van der Waals surface area contributed by atoms with Gasteiger partial charge in [-0.05, 0) is 30.4 Å². The molecule has 0 spiro atoms. The molecule has 1 aliphatic heterocycles. The number of amides is 1. The van der Waals surface area contributed by atoms with Crippen molar-refractivity contribution in [2.24, 2.45) is 0 Å². The SMILES string of the molecule is COc1cc(Br)cc(/C=C2\NC(=S)NC2=O)c1O. The van der Waals surface area contributed by atoms with Gasteiger partial charge < -0.3 is 15.2 Å². The Kier molecular flexibility index (Phi) is 3.53. The number of thiocarbonyl (C=S) groups is 1. The van der Waals surface area contributed by atoms with Crippen LogP contribution in [0, 0.1) is 0 Å². The Labute approximate surface area is 117 Å². The van der Waals surface area contributed by atoms with E-state index in [4.69, 9.17) is 17.0 Å². The van der Waals surface area contributed by atoms with E-state index in [1.807, 2.05) is 0 Å². The average Bonchev–Trinajstić information content (AvgIpc) is 2.62. The molecule has 1 aromatic rings. The first-order valence-electron chi connectivity index (χ1n) is 4.92. The van der Waals surface area contributed by atoms with Gasteiger partial charge in [-0.1, -0.05) is 15.9 Å². The number of hydrogen-bond acceptors (Lipinski definition) is 4. The lowest BCUT2D eigenvalue weighted by Gasteiger charge is -2.07. The molecular formula is C11H9BrN2O3S. The van der Waals surface area contributed by atoms with Gasteiger partial charge in [0.1, 0.15) is 5.70 Å². The summed E-state index contributed by atoms with van der Waals surface area (Å²) in [5.74, 6) is -0.0591. The summed E-state index contributed by atoms with van der Waals surface area (Å²) in [7, 11) is 1.45. The van der Waals surface area contributed by atoms with Crippen LogP contribution < -0.4 is 15.4 Å². The van der Waals surface area contributed by atoms with Crippen LogP contribution in [0.3, 0.4) is 0 Å². The first-order chi connectivity index (χ1) is 8.51. The van der Waals surface area contributed by atoms with Gasteiger partial charge >= 0.3 is 0 Å². The molecule has 0 aliphatic carbocycles. The van der Waals surface area contributed by atoms with Crippen LogP contribution in [0.5, 0.6) is 11.5 Å². The second-order valence-corrected chi connectivity index (χ2v) is 4.84. The summed E-state index contributed by atoms with van der Waals surface area (Å²) < 4.78 is 5.75. The fourth-order valence-corrected chi connectivity index (χ4v) is 2.16. The Morgan fingerprint density at radius 2 is 2.17 bits per heavy atom. The van der Waals surface area contributed by atoms with E-state index >= 15 is 0 Å². The van der Waals surface area contributed by atoms with Gasteiger partial charge in [-0.25, -0.2) is 0 Å². The zero-order valence-corrected chi connectivity index (χ0v) is 11.7. The monoisotopic (exact) mass is 328 g/mol. The van der Waals surface area contributed by atoms with E-state index < -0.39 is 0 Å². The minimum atomic E-state index is -0.335. The van der Waals surface area contributed by atoms with Crippen molar-refractivity contribution in [1.82, 2.24) is 10.6 Å². The first-order valence-corrected chi connectivity index (χ1v) is 6.12. The van der Waals surface area contributed by atoms with Gasteiger partial charge in [0, 0.05) is 10.0 Å². The Bertz CT molecular complexity index is 572. The van der Waals surface area contributed by atoms with Crippen molar-refractivity contribution in [1.29, 1.82) is 0 Å². The van der Waals surface area contributed by atoms with Crippen LogP contribution in [0.25, 0.3) is 6.08 Å². The zero-order chi connectivity index (χ0) is 13.3. The van der Waals surface area contributed by atoms with E-state index in [0.29, 0.717) is 11.3 Å². The van der Waals surface area contributed by atoms with Gasteiger partial charge in [0.2, 0.25) is 0 Å². The predicted octanol–water partition coefficient (Wildman–Crippen LogP) is 1.51. The third-order valence-electron chi connectivity index (χ3n) is 2.31. The molecule has 3 N–H and O–H groups in total. The molecule has 1 aromatic carbocycles. The maximum Gasteiger partial charge on any atom is 0.273 e. The Hall–Kier alpha value is -1.60. The van der Waals surface area contributed by atoms with Crippen LogP contribution >= 0.6 is 28.1 Å². The molecule has 0 radical (unpaired) electrons. The summed E-state index contributed by atoms with van der Waals surface area (Å²) in [6.07, 6.45) is 1.50. The number of methoxy groups -OCH3 is 1. The number of carbonyl (C=O) groups is 1. The van der Waals surface area contributed by atoms with Crippen LogP contribution in [-0.4, -0.2) is 23.2 Å². The fraction of sp³-hybridized carbons (Fsp3) is 0.0909. The molecule has 7 heteroatoms. The zero-order valence-electron chi connectivity index (χ0n) is 9.28. The van der Waals surface area contributed by atoms with Gasteiger partial charge in [-0.15, -0.1) is 0 Å². The molecular weight excluding hydrogens is 320 g/mol. The molecule has 0 unspecified atom stereocenters. The summed E-state index contributed by atoms with van der Waals surface area (Å²) in [4.78, 5) is 11.5. The number of aromatic hydroxyl groups is 1. The van der Waals surface area contributed by atoms with Crippen molar-refractivity contribution in [3.8, 4) is 11.5 Å². The standard InChI is InChI=1S/C11H9BrN2O3S/c1-17-8-4-6(12)2-5(9(8)15)3-7-10(16)14-11(18)13-7/h2-4,15H,1H3,(H2,13,14,16,18)/b7-3-. The third-order valence-corrected chi connectivity index (χ3v) is 2.97. The van der Waals surface area contributed by atoms with Crippen molar-refractivity contribution in [2.75, 3.05) is 7.11 Å². The minimum Gasteiger partial charge on any atom is -0.504 e. The van der Waals surface area contributed by atoms with Gasteiger partial charge in [0.05, 0.1) is 7.11 Å². The van der Waals surface area contributed by atoms with E-state index in [1.54, 1.807) is 12.1 Å². The second kappa shape index (κ2) is 4.95. The second-order valence-electron chi connectivity index (χ2n) is 3.51. The van der Waals surface area contributed by atoms with Crippen LogP contribution in [-0.2, 0) is 4.79 Å². The molecule has 94 valence electrons. The average molecular weight is 329 g/mol. The fourth-order valence-electron chi connectivity index (χ4n) is 1.50. The lowest BCUT2D eigenvalue weighted by Crippen LogP contribution is -2.21. The topological polar surface area (TPSA) is 70.6 Å². The molecule has 5 nitrogen and oxygen atoms in total. The maximum absolute atomic E-state index is 11.5. The predicted molar refractivity (Wildman–Crippen MR) is 74.2 cm³/mol. The van der Waals surface area contributed by atoms with Crippen molar-refractivity contribution in [3.05, 3.63) is 27.9 Å². The largest absolute Gasteiger partial charge is 0.504 e. The van der Waals surface area contributed by atoms with Gasteiger partial charge in [-0.3, -0.25) is 10.1 Å². The molecule has 1 saturated heterocycles. The van der Waals surface area contributed by atoms with Crippen LogP contribution in [0.2, 0.25) is 0 Å². The van der Waals surface area contributed by atoms with E-state index in [1.165, 1.54) is 13.2 Å². The summed E-state index contributed by atoms with van der Waals surface area (Å²) >= 11 is 8.11. The smallest absolute Gasteiger partial charge is 0.273 e. The Balaban J connectivity index is 2.46. The van der Waals surface area contributed by atoms with Crippen LogP contribution in [0.1, 0.15) is 5.56 Å². The van der Waals surface area contributed by atoms with Crippen molar-refractivity contribution in [2.45, 2.75) is 0 Å². The van der Waals surface area contributed by atoms with E-state index in [9.17, 15) is 9.90 Å². The Morgan fingerprint density at radius 1 is 1.44 bits per heavy atom. The molecule has 0 saturated carbocycles. The molecule has 18 heavy (non-hydrogen) atoms. The van der Waals surface area contributed by atoms with E-state index in [-0.39, 0.29) is 22.5 Å². The highest BCUT2D eigenvalue weighted by molar-refractivity contribution is 9.10. The maximum atomic E-state index is 11.5.